The number of nitrogens with zero attached hydrogens (tertiary/aromatic N) is 1. The Kier molecular flexibility index (Phi) is 3.33. The molecule has 0 amide bonds. The first-order valence-corrected chi connectivity index (χ1v) is 6.99. The van der Waals surface area contributed by atoms with E-state index in [9.17, 15) is 4.39 Å². The first-order chi connectivity index (χ1) is 9.13. The van der Waals surface area contributed by atoms with Crippen molar-refractivity contribution in [1.29, 1.82) is 0 Å². The lowest BCUT2D eigenvalue weighted by atomic mass is 10.2. The number of benzene rings is 2. The summed E-state index contributed by atoms with van der Waals surface area (Å²) >= 11 is 9.14. The highest BCUT2D eigenvalue weighted by atomic mass is 79.9. The van der Waals surface area contributed by atoms with Crippen molar-refractivity contribution in [3.05, 3.63) is 69.5 Å². The lowest BCUT2D eigenvalue weighted by Crippen LogP contribution is -1.98. The Balaban J connectivity index is 1.98. The number of rotatable bonds is 2. The van der Waals surface area contributed by atoms with E-state index in [1.54, 1.807) is 6.07 Å². The van der Waals surface area contributed by atoms with Gasteiger partial charge < -0.3 is 4.57 Å². The van der Waals surface area contributed by atoms with Gasteiger partial charge in [-0.2, -0.15) is 0 Å². The maximum absolute atomic E-state index is 13.4. The van der Waals surface area contributed by atoms with Crippen LogP contribution in [0.1, 0.15) is 5.56 Å². The highest BCUT2D eigenvalue weighted by Crippen LogP contribution is 2.22. The molecule has 0 N–H and O–H groups in total. The highest BCUT2D eigenvalue weighted by Gasteiger charge is 2.05. The molecular weight excluding hydrogens is 329 g/mol. The number of hydrogen-bond acceptors (Lipinski definition) is 0. The van der Waals surface area contributed by atoms with Crippen molar-refractivity contribution >= 4 is 38.4 Å². The van der Waals surface area contributed by atoms with Gasteiger partial charge in [-0.05, 0) is 42.0 Å². The number of aromatic nitrogens is 1. The largest absolute Gasteiger partial charge is 0.343 e. The number of hydrogen-bond donors (Lipinski definition) is 0. The molecule has 0 saturated carbocycles. The molecule has 0 unspecified atom stereocenters. The molecule has 1 nitrogen and oxygen atoms in total. The molecule has 0 spiro atoms. The van der Waals surface area contributed by atoms with Gasteiger partial charge in [-0.3, -0.25) is 0 Å². The predicted octanol–water partition coefficient (Wildman–Crippen LogP) is 5.24. The summed E-state index contributed by atoms with van der Waals surface area (Å²) in [5.41, 5.74) is 2.01. The fourth-order valence-electron chi connectivity index (χ4n) is 2.14. The SMILES string of the molecule is Fc1cc(Cn2ccc3cc(Br)ccc32)ccc1Cl. The maximum Gasteiger partial charge on any atom is 0.142 e. The van der Waals surface area contributed by atoms with Gasteiger partial charge in [0, 0.05) is 28.1 Å². The summed E-state index contributed by atoms with van der Waals surface area (Å²) in [5, 5.41) is 1.31. The molecule has 3 rings (SSSR count). The molecule has 2 aromatic carbocycles. The Morgan fingerprint density at radius 2 is 1.95 bits per heavy atom. The molecule has 0 bridgehead atoms. The summed E-state index contributed by atoms with van der Waals surface area (Å²) in [7, 11) is 0. The molecule has 0 fully saturated rings. The summed E-state index contributed by atoms with van der Waals surface area (Å²) in [4.78, 5) is 0. The zero-order valence-electron chi connectivity index (χ0n) is 9.91. The molecule has 0 aliphatic heterocycles. The average Bonchev–Trinajstić information content (AvgIpc) is 2.76. The van der Waals surface area contributed by atoms with Crippen molar-refractivity contribution in [2.45, 2.75) is 6.54 Å². The molecule has 3 aromatic rings. The molecule has 0 atom stereocenters. The van der Waals surface area contributed by atoms with Gasteiger partial charge in [0.05, 0.1) is 5.02 Å². The van der Waals surface area contributed by atoms with Crippen LogP contribution in [0, 0.1) is 5.82 Å². The standard InChI is InChI=1S/C15H10BrClFN/c16-12-2-4-15-11(8-12)5-6-19(15)9-10-1-3-13(17)14(18)7-10/h1-8H,9H2. The van der Waals surface area contributed by atoms with Crippen LogP contribution in [0.3, 0.4) is 0 Å². The summed E-state index contributed by atoms with van der Waals surface area (Å²) in [5.74, 6) is -0.377. The van der Waals surface area contributed by atoms with Gasteiger partial charge >= 0.3 is 0 Å². The fraction of sp³-hybridized carbons (Fsp3) is 0.0667. The van der Waals surface area contributed by atoms with Crippen molar-refractivity contribution in [1.82, 2.24) is 4.57 Å². The minimum absolute atomic E-state index is 0.157. The van der Waals surface area contributed by atoms with E-state index in [2.05, 4.69) is 26.6 Å². The third kappa shape index (κ3) is 2.53. The second-order valence-electron chi connectivity index (χ2n) is 4.40. The number of fused-ring (bicyclic) bond motifs is 1. The molecule has 4 heteroatoms. The van der Waals surface area contributed by atoms with E-state index in [-0.39, 0.29) is 10.8 Å². The topological polar surface area (TPSA) is 4.93 Å². The van der Waals surface area contributed by atoms with E-state index >= 15 is 0 Å². The molecule has 1 heterocycles. The Morgan fingerprint density at radius 3 is 2.74 bits per heavy atom. The lowest BCUT2D eigenvalue weighted by molar-refractivity contribution is 0.624. The molecular formula is C15H10BrClFN. The number of halogens is 3. The second kappa shape index (κ2) is 4.99. The van der Waals surface area contributed by atoms with Crippen LogP contribution >= 0.6 is 27.5 Å². The molecule has 96 valence electrons. The van der Waals surface area contributed by atoms with Crippen molar-refractivity contribution in [2.24, 2.45) is 0 Å². The van der Waals surface area contributed by atoms with Gasteiger partial charge in [0.2, 0.25) is 0 Å². The zero-order chi connectivity index (χ0) is 13.4. The minimum Gasteiger partial charge on any atom is -0.343 e. The summed E-state index contributed by atoms with van der Waals surface area (Å²) in [6, 6.07) is 13.1. The molecule has 0 aliphatic carbocycles. The van der Waals surface area contributed by atoms with Crippen LogP contribution in [-0.2, 0) is 6.54 Å². The normalized spacial score (nSPS) is 11.1. The van der Waals surface area contributed by atoms with Gasteiger partial charge in [0.1, 0.15) is 5.82 Å². The van der Waals surface area contributed by atoms with E-state index in [1.807, 2.05) is 30.5 Å². The van der Waals surface area contributed by atoms with E-state index in [0.29, 0.717) is 6.54 Å². The summed E-state index contributed by atoms with van der Waals surface area (Å²) in [6.45, 7) is 0.624. The minimum atomic E-state index is -0.377. The summed E-state index contributed by atoms with van der Waals surface area (Å²) < 4.78 is 16.6. The van der Waals surface area contributed by atoms with Gasteiger partial charge in [-0.25, -0.2) is 4.39 Å². The van der Waals surface area contributed by atoms with Crippen molar-refractivity contribution in [3.63, 3.8) is 0 Å². The second-order valence-corrected chi connectivity index (χ2v) is 5.72. The van der Waals surface area contributed by atoms with Gasteiger partial charge in [-0.15, -0.1) is 0 Å². The van der Waals surface area contributed by atoms with E-state index in [0.717, 1.165) is 20.9 Å². The lowest BCUT2D eigenvalue weighted by Gasteiger charge is -2.06. The Bertz CT molecular complexity index is 751. The van der Waals surface area contributed by atoms with Gasteiger partial charge in [-0.1, -0.05) is 33.6 Å². The van der Waals surface area contributed by atoms with Crippen molar-refractivity contribution < 1.29 is 4.39 Å². The van der Waals surface area contributed by atoms with E-state index in [4.69, 9.17) is 11.6 Å². The van der Waals surface area contributed by atoms with Gasteiger partial charge in [0.15, 0.2) is 0 Å². The Hall–Kier alpha value is -1.32. The van der Waals surface area contributed by atoms with Crippen LogP contribution in [0.4, 0.5) is 4.39 Å². The van der Waals surface area contributed by atoms with Crippen LogP contribution < -0.4 is 0 Å². The van der Waals surface area contributed by atoms with E-state index < -0.39 is 0 Å². The van der Waals surface area contributed by atoms with Crippen LogP contribution in [0.2, 0.25) is 5.02 Å². The monoisotopic (exact) mass is 337 g/mol. The highest BCUT2D eigenvalue weighted by molar-refractivity contribution is 9.10. The summed E-state index contributed by atoms with van der Waals surface area (Å²) in [6.07, 6.45) is 2.00. The van der Waals surface area contributed by atoms with Crippen LogP contribution in [0.5, 0.6) is 0 Å². The fourth-order valence-corrected chi connectivity index (χ4v) is 2.64. The van der Waals surface area contributed by atoms with E-state index in [1.165, 1.54) is 6.07 Å². The molecule has 19 heavy (non-hydrogen) atoms. The molecule has 0 radical (unpaired) electrons. The average molecular weight is 339 g/mol. The molecule has 0 saturated heterocycles. The Labute approximate surface area is 123 Å². The van der Waals surface area contributed by atoms with Crippen LogP contribution in [0.25, 0.3) is 10.9 Å². The molecule has 0 aliphatic rings. The third-order valence-electron chi connectivity index (χ3n) is 3.07. The first-order valence-electron chi connectivity index (χ1n) is 5.82. The predicted molar refractivity (Wildman–Crippen MR) is 80.2 cm³/mol. The third-order valence-corrected chi connectivity index (χ3v) is 3.87. The Morgan fingerprint density at radius 1 is 1.11 bits per heavy atom. The van der Waals surface area contributed by atoms with Gasteiger partial charge in [0.25, 0.3) is 0 Å². The first kappa shape index (κ1) is 12.7. The van der Waals surface area contributed by atoms with Crippen molar-refractivity contribution in [3.8, 4) is 0 Å². The maximum atomic E-state index is 13.4. The smallest absolute Gasteiger partial charge is 0.142 e. The van der Waals surface area contributed by atoms with Crippen LogP contribution in [0.15, 0.2) is 53.1 Å². The van der Waals surface area contributed by atoms with Crippen molar-refractivity contribution in [2.75, 3.05) is 0 Å². The molecule has 1 aromatic heterocycles. The zero-order valence-corrected chi connectivity index (χ0v) is 12.2. The quantitative estimate of drug-likeness (QED) is 0.602. The van der Waals surface area contributed by atoms with Crippen LogP contribution in [-0.4, -0.2) is 4.57 Å².